The molecule has 1 heterocycles. The van der Waals surface area contributed by atoms with Crippen LogP contribution in [0, 0.1) is 17.6 Å². The number of nitrogens with one attached hydrogen (secondary N) is 1. The fourth-order valence-electron chi connectivity index (χ4n) is 2.80. The van der Waals surface area contributed by atoms with Gasteiger partial charge in [0.2, 0.25) is 0 Å². The van der Waals surface area contributed by atoms with Crippen molar-refractivity contribution in [2.45, 2.75) is 38.6 Å². The molecule has 20 heavy (non-hydrogen) atoms. The third kappa shape index (κ3) is 4.53. The first-order valence-corrected chi connectivity index (χ1v) is 7.45. The summed E-state index contributed by atoms with van der Waals surface area (Å²) in [6, 6.07) is 3.99. The number of hydrogen-bond acceptors (Lipinski definition) is 2. The predicted octanol–water partition coefficient (Wildman–Crippen LogP) is 3.30. The molecule has 2 atom stereocenters. The van der Waals surface area contributed by atoms with E-state index in [2.05, 4.69) is 12.2 Å². The molecule has 112 valence electrons. The van der Waals surface area contributed by atoms with E-state index < -0.39 is 11.6 Å². The zero-order chi connectivity index (χ0) is 14.4. The number of halogens is 2. The molecule has 0 bridgehead atoms. The average Bonchev–Trinajstić information content (AvgIpc) is 2.43. The van der Waals surface area contributed by atoms with Crippen LogP contribution in [0.15, 0.2) is 18.2 Å². The molecule has 0 aromatic heterocycles. The van der Waals surface area contributed by atoms with Gasteiger partial charge in [0.25, 0.3) is 0 Å². The van der Waals surface area contributed by atoms with Crippen molar-refractivity contribution in [1.82, 2.24) is 5.32 Å². The van der Waals surface area contributed by atoms with Crippen molar-refractivity contribution in [3.05, 3.63) is 35.4 Å². The van der Waals surface area contributed by atoms with Gasteiger partial charge in [0.05, 0.1) is 6.61 Å². The molecule has 1 saturated heterocycles. The van der Waals surface area contributed by atoms with Gasteiger partial charge in [-0.25, -0.2) is 8.78 Å². The molecule has 1 aromatic rings. The van der Waals surface area contributed by atoms with E-state index in [0.717, 1.165) is 45.1 Å². The second-order valence-electron chi connectivity index (χ2n) is 5.52. The lowest BCUT2D eigenvalue weighted by atomic mass is 9.89. The molecule has 1 aliphatic heterocycles. The van der Waals surface area contributed by atoms with Crippen molar-refractivity contribution in [2.24, 2.45) is 5.92 Å². The van der Waals surface area contributed by atoms with Crippen LogP contribution in [0.3, 0.4) is 0 Å². The Morgan fingerprint density at radius 1 is 1.30 bits per heavy atom. The van der Waals surface area contributed by atoms with Crippen molar-refractivity contribution in [3.8, 4) is 0 Å². The Bertz CT molecular complexity index is 399. The van der Waals surface area contributed by atoms with Gasteiger partial charge in [-0.05, 0) is 55.8 Å². The van der Waals surface area contributed by atoms with E-state index >= 15 is 0 Å². The molecular formula is C16H23F2NO. The van der Waals surface area contributed by atoms with Gasteiger partial charge < -0.3 is 10.1 Å². The summed E-state index contributed by atoms with van der Waals surface area (Å²) in [7, 11) is 0. The Morgan fingerprint density at radius 2 is 2.05 bits per heavy atom. The minimum absolute atomic E-state index is 0.219. The molecule has 2 rings (SSSR count). The molecule has 0 spiro atoms. The lowest BCUT2D eigenvalue weighted by Gasteiger charge is -2.31. The van der Waals surface area contributed by atoms with Gasteiger partial charge in [-0.15, -0.1) is 0 Å². The summed E-state index contributed by atoms with van der Waals surface area (Å²) >= 11 is 0. The largest absolute Gasteiger partial charge is 0.381 e. The fourth-order valence-corrected chi connectivity index (χ4v) is 2.80. The third-order valence-corrected chi connectivity index (χ3v) is 3.80. The van der Waals surface area contributed by atoms with Gasteiger partial charge in [-0.1, -0.05) is 6.92 Å². The number of hydrogen-bond donors (Lipinski definition) is 1. The highest BCUT2D eigenvalue weighted by Gasteiger charge is 2.24. The zero-order valence-corrected chi connectivity index (χ0v) is 12.0. The Kier molecular flexibility index (Phi) is 5.92. The highest BCUT2D eigenvalue weighted by molar-refractivity contribution is 5.19. The topological polar surface area (TPSA) is 21.3 Å². The maximum absolute atomic E-state index is 13.3. The van der Waals surface area contributed by atoms with E-state index in [1.165, 1.54) is 12.1 Å². The summed E-state index contributed by atoms with van der Waals surface area (Å²) in [4.78, 5) is 0. The second-order valence-corrected chi connectivity index (χ2v) is 5.52. The Balaban J connectivity index is 2.05. The maximum Gasteiger partial charge on any atom is 0.126 e. The quantitative estimate of drug-likeness (QED) is 0.865. The molecule has 1 N–H and O–H groups in total. The van der Waals surface area contributed by atoms with Gasteiger partial charge in [0.1, 0.15) is 11.6 Å². The summed E-state index contributed by atoms with van der Waals surface area (Å²) in [5.41, 5.74) is 0.710. The lowest BCUT2D eigenvalue weighted by molar-refractivity contribution is 0.0393. The van der Waals surface area contributed by atoms with E-state index in [1.54, 1.807) is 0 Å². The highest BCUT2D eigenvalue weighted by atomic mass is 19.1. The first-order valence-electron chi connectivity index (χ1n) is 7.45. The van der Waals surface area contributed by atoms with Gasteiger partial charge in [0, 0.05) is 18.7 Å². The molecule has 0 aliphatic carbocycles. The molecule has 2 unspecified atom stereocenters. The first kappa shape index (κ1) is 15.4. The van der Waals surface area contributed by atoms with Crippen LogP contribution in [0.2, 0.25) is 0 Å². The van der Waals surface area contributed by atoms with Crippen molar-refractivity contribution in [3.63, 3.8) is 0 Å². The predicted molar refractivity (Wildman–Crippen MR) is 75.7 cm³/mol. The van der Waals surface area contributed by atoms with Crippen molar-refractivity contribution in [2.75, 3.05) is 19.8 Å². The molecular weight excluding hydrogens is 260 g/mol. The minimum Gasteiger partial charge on any atom is -0.381 e. The van der Waals surface area contributed by atoms with Crippen LogP contribution in [-0.4, -0.2) is 25.8 Å². The summed E-state index contributed by atoms with van der Waals surface area (Å²) in [6.45, 7) is 4.59. The normalized spacial score (nSPS) is 20.9. The van der Waals surface area contributed by atoms with E-state index in [1.807, 2.05) is 0 Å². The molecule has 2 nitrogen and oxygen atoms in total. The van der Waals surface area contributed by atoms with Gasteiger partial charge in [-0.2, -0.15) is 0 Å². The third-order valence-electron chi connectivity index (χ3n) is 3.80. The van der Waals surface area contributed by atoms with E-state index in [0.29, 0.717) is 17.9 Å². The minimum atomic E-state index is -0.505. The van der Waals surface area contributed by atoms with Gasteiger partial charge in [-0.3, -0.25) is 0 Å². The summed E-state index contributed by atoms with van der Waals surface area (Å²) in [6.07, 6.45) is 3.86. The molecule has 1 aromatic carbocycles. The molecule has 0 saturated carbocycles. The van der Waals surface area contributed by atoms with E-state index in [9.17, 15) is 8.78 Å². The van der Waals surface area contributed by atoms with Gasteiger partial charge >= 0.3 is 0 Å². The molecule has 0 amide bonds. The van der Waals surface area contributed by atoms with Crippen molar-refractivity contribution < 1.29 is 13.5 Å². The number of ether oxygens (including phenoxy) is 1. The Hall–Kier alpha value is -1.00. The smallest absolute Gasteiger partial charge is 0.126 e. The van der Waals surface area contributed by atoms with Crippen molar-refractivity contribution >= 4 is 0 Å². The summed E-state index contributed by atoms with van der Waals surface area (Å²) in [5.74, 6) is -0.593. The van der Waals surface area contributed by atoms with Crippen LogP contribution in [0.1, 0.15) is 31.7 Å². The van der Waals surface area contributed by atoms with Crippen LogP contribution in [-0.2, 0) is 11.2 Å². The SMILES string of the molecule is CCCNC(Cc1cc(F)cc(F)c1)C1CCCOC1. The molecule has 4 heteroatoms. The average molecular weight is 283 g/mol. The Labute approximate surface area is 119 Å². The first-order chi connectivity index (χ1) is 9.69. The number of rotatable bonds is 6. The maximum atomic E-state index is 13.3. The Morgan fingerprint density at radius 3 is 2.65 bits per heavy atom. The highest BCUT2D eigenvalue weighted by Crippen LogP contribution is 2.21. The molecule has 0 radical (unpaired) electrons. The summed E-state index contributed by atoms with van der Waals surface area (Å²) in [5, 5.41) is 3.50. The standard InChI is InChI=1S/C16H23F2NO/c1-2-5-19-16(13-4-3-6-20-11-13)9-12-7-14(17)10-15(18)8-12/h7-8,10,13,16,19H,2-6,9,11H2,1H3. The monoisotopic (exact) mass is 283 g/mol. The van der Waals surface area contributed by atoms with Crippen LogP contribution in [0.4, 0.5) is 8.78 Å². The van der Waals surface area contributed by atoms with Crippen molar-refractivity contribution in [1.29, 1.82) is 0 Å². The van der Waals surface area contributed by atoms with Gasteiger partial charge in [0.15, 0.2) is 0 Å². The lowest BCUT2D eigenvalue weighted by Crippen LogP contribution is -2.42. The second kappa shape index (κ2) is 7.70. The summed E-state index contributed by atoms with van der Waals surface area (Å²) < 4.78 is 32.1. The number of benzene rings is 1. The van der Waals surface area contributed by atoms with Crippen LogP contribution >= 0.6 is 0 Å². The van der Waals surface area contributed by atoms with Crippen LogP contribution in [0.25, 0.3) is 0 Å². The van der Waals surface area contributed by atoms with Crippen LogP contribution in [0.5, 0.6) is 0 Å². The van der Waals surface area contributed by atoms with E-state index in [-0.39, 0.29) is 6.04 Å². The fraction of sp³-hybridized carbons (Fsp3) is 0.625. The van der Waals surface area contributed by atoms with E-state index in [4.69, 9.17) is 4.74 Å². The molecule has 1 aliphatic rings. The van der Waals surface area contributed by atoms with Crippen LogP contribution < -0.4 is 5.32 Å². The zero-order valence-electron chi connectivity index (χ0n) is 12.0. The molecule has 1 fully saturated rings.